The number of amides is 1. The van der Waals surface area contributed by atoms with Gasteiger partial charge in [-0.3, -0.25) is 4.79 Å². The Kier molecular flexibility index (Phi) is 5.45. The molecule has 0 bridgehead atoms. The monoisotopic (exact) mass is 243 g/mol. The molecule has 0 aliphatic rings. The van der Waals surface area contributed by atoms with E-state index in [1.54, 1.807) is 14.0 Å². The molecule has 0 saturated heterocycles. The van der Waals surface area contributed by atoms with Crippen LogP contribution in [0.15, 0.2) is 5.16 Å². The van der Waals surface area contributed by atoms with Crippen LogP contribution in [0.2, 0.25) is 0 Å². The maximum Gasteiger partial charge on any atom is 0.223 e. The van der Waals surface area contributed by atoms with Crippen LogP contribution in [0.3, 0.4) is 0 Å². The van der Waals surface area contributed by atoms with Crippen LogP contribution >= 0.6 is 0 Å². The van der Waals surface area contributed by atoms with Crippen LogP contribution in [-0.4, -0.2) is 34.9 Å². The first-order valence-electron chi connectivity index (χ1n) is 5.84. The van der Waals surface area contributed by atoms with Crippen molar-refractivity contribution in [2.45, 2.75) is 47.1 Å². The number of likely N-dealkylation sites (N-methyl/N-ethyl adjacent to an activating group) is 1. The standard InChI is InChI=1S/C12H25N3O2/c1-8(12(3,4)5)7-10(16)15(6)9(2)11(13)14-17/h8-9,17H,7H2,1-6H3,(H2,13,14). The number of hydrogen-bond donors (Lipinski definition) is 2. The van der Waals surface area contributed by atoms with Crippen molar-refractivity contribution in [3.05, 3.63) is 0 Å². The zero-order valence-corrected chi connectivity index (χ0v) is 11.7. The van der Waals surface area contributed by atoms with Crippen LogP contribution < -0.4 is 5.73 Å². The molecule has 1 amide bonds. The van der Waals surface area contributed by atoms with E-state index < -0.39 is 0 Å². The minimum absolute atomic E-state index is 0.00604. The van der Waals surface area contributed by atoms with E-state index >= 15 is 0 Å². The molecule has 0 aromatic rings. The van der Waals surface area contributed by atoms with Crippen molar-refractivity contribution in [2.75, 3.05) is 7.05 Å². The molecular weight excluding hydrogens is 218 g/mol. The molecule has 0 aromatic carbocycles. The molecule has 0 radical (unpaired) electrons. The fraction of sp³-hybridized carbons (Fsp3) is 0.833. The summed E-state index contributed by atoms with van der Waals surface area (Å²) in [5, 5.41) is 11.5. The van der Waals surface area contributed by atoms with E-state index in [9.17, 15) is 4.79 Å². The van der Waals surface area contributed by atoms with Crippen molar-refractivity contribution >= 4 is 11.7 Å². The molecule has 3 N–H and O–H groups in total. The van der Waals surface area contributed by atoms with E-state index in [0.29, 0.717) is 6.42 Å². The molecule has 0 heterocycles. The van der Waals surface area contributed by atoms with Gasteiger partial charge < -0.3 is 15.8 Å². The fourth-order valence-corrected chi connectivity index (χ4v) is 1.21. The molecular formula is C12H25N3O2. The van der Waals surface area contributed by atoms with Crippen molar-refractivity contribution in [3.8, 4) is 0 Å². The number of rotatable bonds is 4. The summed E-state index contributed by atoms with van der Waals surface area (Å²) in [4.78, 5) is 13.5. The first kappa shape index (κ1) is 15.7. The Bertz CT molecular complexity index is 295. The maximum atomic E-state index is 12.0. The van der Waals surface area contributed by atoms with Gasteiger partial charge in [-0.2, -0.15) is 0 Å². The highest BCUT2D eigenvalue weighted by atomic mass is 16.4. The molecule has 0 fully saturated rings. The molecule has 0 spiro atoms. The number of carbonyl (C=O) groups is 1. The van der Waals surface area contributed by atoms with Crippen molar-refractivity contribution in [1.82, 2.24) is 4.90 Å². The molecule has 0 aromatic heterocycles. The highest BCUT2D eigenvalue weighted by molar-refractivity contribution is 5.89. The van der Waals surface area contributed by atoms with Gasteiger partial charge in [-0.1, -0.05) is 32.9 Å². The molecule has 2 atom stereocenters. The number of nitrogens with two attached hydrogens (primary N) is 1. The van der Waals surface area contributed by atoms with Gasteiger partial charge in [-0.15, -0.1) is 0 Å². The Morgan fingerprint density at radius 2 is 1.88 bits per heavy atom. The van der Waals surface area contributed by atoms with E-state index in [-0.39, 0.29) is 29.1 Å². The second kappa shape index (κ2) is 5.89. The van der Waals surface area contributed by atoms with Crippen LogP contribution in [0.4, 0.5) is 0 Å². The molecule has 0 saturated carbocycles. The second-order valence-corrected chi connectivity index (χ2v) is 5.68. The first-order valence-corrected chi connectivity index (χ1v) is 5.84. The summed E-state index contributed by atoms with van der Waals surface area (Å²) in [6, 6.07) is -0.389. The summed E-state index contributed by atoms with van der Waals surface area (Å²) in [7, 11) is 1.67. The maximum absolute atomic E-state index is 12.0. The Morgan fingerprint density at radius 1 is 1.41 bits per heavy atom. The summed E-state index contributed by atoms with van der Waals surface area (Å²) in [5.41, 5.74) is 5.57. The van der Waals surface area contributed by atoms with E-state index in [2.05, 4.69) is 32.9 Å². The lowest BCUT2D eigenvalue weighted by Gasteiger charge is -2.30. The topological polar surface area (TPSA) is 78.9 Å². The van der Waals surface area contributed by atoms with Gasteiger partial charge >= 0.3 is 0 Å². The van der Waals surface area contributed by atoms with Crippen LogP contribution in [0.1, 0.15) is 41.0 Å². The molecule has 0 aliphatic heterocycles. The third kappa shape index (κ3) is 4.63. The van der Waals surface area contributed by atoms with Gasteiger partial charge in [-0.05, 0) is 18.3 Å². The molecule has 17 heavy (non-hydrogen) atoms. The van der Waals surface area contributed by atoms with Crippen molar-refractivity contribution < 1.29 is 10.0 Å². The molecule has 0 rings (SSSR count). The summed E-state index contributed by atoms with van der Waals surface area (Å²) >= 11 is 0. The van der Waals surface area contributed by atoms with Gasteiger partial charge in [0.2, 0.25) is 5.91 Å². The predicted molar refractivity (Wildman–Crippen MR) is 68.9 cm³/mol. The molecule has 0 aliphatic carbocycles. The van der Waals surface area contributed by atoms with Gasteiger partial charge in [0, 0.05) is 13.5 Å². The Labute approximate surface area is 104 Å². The van der Waals surface area contributed by atoms with Crippen molar-refractivity contribution in [3.63, 3.8) is 0 Å². The number of nitrogens with zero attached hydrogens (tertiary/aromatic N) is 2. The van der Waals surface area contributed by atoms with Crippen LogP contribution in [-0.2, 0) is 4.79 Å². The zero-order valence-electron chi connectivity index (χ0n) is 11.7. The fourth-order valence-electron chi connectivity index (χ4n) is 1.21. The number of amidine groups is 1. The second-order valence-electron chi connectivity index (χ2n) is 5.68. The van der Waals surface area contributed by atoms with Gasteiger partial charge in [0.1, 0.15) is 0 Å². The van der Waals surface area contributed by atoms with Gasteiger partial charge in [-0.25, -0.2) is 0 Å². The minimum Gasteiger partial charge on any atom is -0.409 e. The van der Waals surface area contributed by atoms with E-state index in [0.717, 1.165) is 0 Å². The first-order chi connectivity index (χ1) is 7.61. The zero-order chi connectivity index (χ0) is 13.8. The Hall–Kier alpha value is -1.26. The summed E-state index contributed by atoms with van der Waals surface area (Å²) in [6.45, 7) is 10.1. The Balaban J connectivity index is 4.53. The lowest BCUT2D eigenvalue weighted by atomic mass is 9.80. The molecule has 2 unspecified atom stereocenters. The summed E-state index contributed by atoms with van der Waals surface area (Å²) in [6.07, 6.45) is 0.461. The van der Waals surface area contributed by atoms with Crippen LogP contribution in [0.25, 0.3) is 0 Å². The van der Waals surface area contributed by atoms with Crippen LogP contribution in [0, 0.1) is 11.3 Å². The SMILES string of the molecule is CC(C(N)=NO)N(C)C(=O)CC(C)C(C)(C)C. The number of oxime groups is 1. The number of hydrogen-bond acceptors (Lipinski definition) is 3. The largest absolute Gasteiger partial charge is 0.409 e. The number of carbonyl (C=O) groups excluding carboxylic acids is 1. The average Bonchev–Trinajstić information content (AvgIpc) is 2.24. The van der Waals surface area contributed by atoms with Gasteiger partial charge in [0.25, 0.3) is 0 Å². The predicted octanol–water partition coefficient (Wildman–Crippen LogP) is 1.65. The molecule has 100 valence electrons. The normalized spacial score (nSPS) is 16.5. The lowest BCUT2D eigenvalue weighted by molar-refractivity contribution is -0.132. The van der Waals surface area contributed by atoms with E-state index in [1.807, 2.05) is 0 Å². The van der Waals surface area contributed by atoms with Crippen LogP contribution in [0.5, 0.6) is 0 Å². The quantitative estimate of drug-likeness (QED) is 0.341. The molecule has 5 heteroatoms. The van der Waals surface area contributed by atoms with E-state index in [4.69, 9.17) is 10.9 Å². The van der Waals surface area contributed by atoms with Gasteiger partial charge in [0.05, 0.1) is 6.04 Å². The van der Waals surface area contributed by atoms with Crippen molar-refractivity contribution in [1.29, 1.82) is 0 Å². The smallest absolute Gasteiger partial charge is 0.223 e. The summed E-state index contributed by atoms with van der Waals surface area (Å²) in [5.74, 6) is 0.327. The van der Waals surface area contributed by atoms with E-state index in [1.165, 1.54) is 4.90 Å². The highest BCUT2D eigenvalue weighted by Gasteiger charge is 2.26. The molecule has 5 nitrogen and oxygen atoms in total. The lowest BCUT2D eigenvalue weighted by Crippen LogP contribution is -2.44. The third-order valence-electron chi connectivity index (χ3n) is 3.48. The summed E-state index contributed by atoms with van der Waals surface area (Å²) < 4.78 is 0. The highest BCUT2D eigenvalue weighted by Crippen LogP contribution is 2.28. The van der Waals surface area contributed by atoms with Gasteiger partial charge in [0.15, 0.2) is 5.84 Å². The third-order valence-corrected chi connectivity index (χ3v) is 3.48. The average molecular weight is 243 g/mol. The minimum atomic E-state index is -0.389. The van der Waals surface area contributed by atoms with Crippen molar-refractivity contribution in [2.24, 2.45) is 22.2 Å². The Morgan fingerprint density at radius 3 is 2.24 bits per heavy atom.